The molecule has 164 valence electrons. The number of unbranched alkanes of at least 4 members (excludes halogenated alkanes) is 5. The van der Waals surface area contributed by atoms with Gasteiger partial charge < -0.3 is 9.29 Å². The van der Waals surface area contributed by atoms with Crippen LogP contribution in [0.1, 0.15) is 57.4 Å². The molecule has 2 rings (SSSR count). The molecule has 0 aliphatic rings. The third kappa shape index (κ3) is 13.0. The topological polar surface area (TPSA) is 91.2 Å². The maximum absolute atomic E-state index is 10.6. The van der Waals surface area contributed by atoms with Crippen molar-refractivity contribution in [3.63, 3.8) is 0 Å². The predicted molar refractivity (Wildman–Crippen MR) is 119 cm³/mol. The van der Waals surface area contributed by atoms with Gasteiger partial charge in [0.2, 0.25) is 0 Å². The van der Waals surface area contributed by atoms with Gasteiger partial charge in [0.05, 0.1) is 28.1 Å². The van der Waals surface area contributed by atoms with Crippen LogP contribution in [0, 0.1) is 0 Å². The number of aryl methyl sites for hydroxylation is 1. The fraction of sp³-hybridized carbons (Fsp3) is 0.478. The van der Waals surface area contributed by atoms with Gasteiger partial charge >= 0.3 is 29.6 Å². The average molecular weight is 455 g/mol. The van der Waals surface area contributed by atoms with Crippen molar-refractivity contribution in [2.45, 2.75) is 58.3 Å². The van der Waals surface area contributed by atoms with E-state index in [0.29, 0.717) is 11.4 Å². The Morgan fingerprint density at radius 1 is 0.806 bits per heavy atom. The summed E-state index contributed by atoms with van der Waals surface area (Å²) < 4.78 is 37.1. The van der Waals surface area contributed by atoms with Crippen LogP contribution in [0.4, 0.5) is 11.4 Å². The van der Waals surface area contributed by atoms with Crippen molar-refractivity contribution in [2.24, 2.45) is 10.2 Å². The van der Waals surface area contributed by atoms with Crippen LogP contribution in [0.25, 0.3) is 0 Å². The van der Waals surface area contributed by atoms with E-state index in [4.69, 9.17) is 4.74 Å². The molecule has 0 aliphatic carbocycles. The van der Waals surface area contributed by atoms with Crippen molar-refractivity contribution in [2.75, 3.05) is 12.4 Å². The molecule has 0 spiro atoms. The van der Waals surface area contributed by atoms with E-state index in [1.165, 1.54) is 44.1 Å². The second-order valence-electron chi connectivity index (χ2n) is 7.34. The summed E-state index contributed by atoms with van der Waals surface area (Å²) in [5.74, 6) is 0.174. The van der Waals surface area contributed by atoms with Crippen LogP contribution >= 0.6 is 0 Å². The fourth-order valence-electron chi connectivity index (χ4n) is 2.99. The molecule has 0 radical (unpaired) electrons. The first-order valence-electron chi connectivity index (χ1n) is 10.6. The van der Waals surface area contributed by atoms with Crippen LogP contribution in [-0.2, 0) is 16.5 Å². The summed E-state index contributed by atoms with van der Waals surface area (Å²) in [7, 11) is -4.19. The van der Waals surface area contributed by atoms with Gasteiger partial charge in [-0.15, -0.1) is 0 Å². The average Bonchev–Trinajstić information content (AvgIpc) is 2.73. The minimum absolute atomic E-state index is 0. The minimum Gasteiger partial charge on any atom is -0.748 e. The predicted octanol–water partition coefficient (Wildman–Crippen LogP) is 3.32. The Morgan fingerprint density at radius 3 is 1.94 bits per heavy atom. The van der Waals surface area contributed by atoms with E-state index < -0.39 is 15.9 Å². The molecule has 0 saturated carbocycles. The summed E-state index contributed by atoms with van der Waals surface area (Å²) in [5, 5.41) is 8.49. The van der Waals surface area contributed by atoms with E-state index in [1.54, 1.807) is 24.3 Å². The summed E-state index contributed by atoms with van der Waals surface area (Å²) in [6.45, 7) is 2.41. The largest absolute Gasteiger partial charge is 1.00 e. The van der Waals surface area contributed by atoms with E-state index in [9.17, 15) is 13.0 Å². The van der Waals surface area contributed by atoms with Crippen LogP contribution in [0.2, 0.25) is 0 Å². The molecule has 6 nitrogen and oxygen atoms in total. The van der Waals surface area contributed by atoms with Crippen molar-refractivity contribution in [1.29, 1.82) is 0 Å². The maximum Gasteiger partial charge on any atom is 1.00 e. The Hall–Kier alpha value is -1.25. The van der Waals surface area contributed by atoms with E-state index in [-0.39, 0.29) is 42.6 Å². The molecule has 0 saturated heterocycles. The third-order valence-electron chi connectivity index (χ3n) is 4.68. The van der Waals surface area contributed by atoms with Gasteiger partial charge in [0.1, 0.15) is 5.75 Å². The number of hydrogen-bond acceptors (Lipinski definition) is 6. The first-order chi connectivity index (χ1) is 14.5. The Bertz CT molecular complexity index is 869. The summed E-state index contributed by atoms with van der Waals surface area (Å²) in [5.41, 5.74) is 2.83. The van der Waals surface area contributed by atoms with Gasteiger partial charge in [0.25, 0.3) is 0 Å². The van der Waals surface area contributed by atoms with Gasteiger partial charge in [-0.05, 0) is 61.2 Å². The Balaban J connectivity index is 0.00000480. The second kappa shape index (κ2) is 15.5. The summed E-state index contributed by atoms with van der Waals surface area (Å²) >= 11 is 0. The SMILES string of the molecule is CCCCCCCCc1ccc(N=Nc2ccc(OCCCS(=O)(=O)[O-])cc2)cc1.[Na+]. The molecule has 0 bridgehead atoms. The van der Waals surface area contributed by atoms with Crippen molar-refractivity contribution >= 4 is 21.5 Å². The molecule has 0 unspecified atom stereocenters. The molecular formula is C23H31N2NaO4S. The maximum atomic E-state index is 10.6. The molecule has 0 heterocycles. The van der Waals surface area contributed by atoms with Crippen molar-refractivity contribution < 1.29 is 47.3 Å². The summed E-state index contributed by atoms with van der Waals surface area (Å²) in [6, 6.07) is 15.2. The number of nitrogens with zero attached hydrogens (tertiary/aromatic N) is 2. The van der Waals surface area contributed by atoms with Crippen LogP contribution in [0.3, 0.4) is 0 Å². The first kappa shape index (κ1) is 27.8. The quantitative estimate of drug-likeness (QED) is 0.189. The molecule has 2 aromatic carbocycles. The van der Waals surface area contributed by atoms with Crippen molar-refractivity contribution in [1.82, 2.24) is 0 Å². The Kier molecular flexibility index (Phi) is 13.9. The fourth-order valence-corrected chi connectivity index (χ4v) is 3.46. The zero-order valence-corrected chi connectivity index (χ0v) is 21.4. The summed E-state index contributed by atoms with van der Waals surface area (Å²) in [4.78, 5) is 0. The molecule has 0 fully saturated rings. The van der Waals surface area contributed by atoms with Crippen molar-refractivity contribution in [3.05, 3.63) is 54.1 Å². The third-order valence-corrected chi connectivity index (χ3v) is 5.47. The number of benzene rings is 2. The van der Waals surface area contributed by atoms with E-state index >= 15 is 0 Å². The van der Waals surface area contributed by atoms with E-state index in [0.717, 1.165) is 12.1 Å². The molecule has 0 N–H and O–H groups in total. The zero-order chi connectivity index (χ0) is 21.7. The standard InChI is InChI=1S/C23H32N2O4S.Na/c1-2-3-4-5-6-7-9-20-10-12-21(13-11-20)24-25-22-14-16-23(17-15-22)29-18-8-19-30(26,27)28;/h10-17H,2-9,18-19H2,1H3,(H,26,27,28);/q;+1/p-1. The zero-order valence-electron chi connectivity index (χ0n) is 18.6. The number of azo groups is 1. The number of ether oxygens (including phenoxy) is 1. The van der Waals surface area contributed by atoms with Crippen LogP contribution < -0.4 is 34.3 Å². The molecule has 2 aromatic rings. The second-order valence-corrected chi connectivity index (χ2v) is 8.87. The molecule has 31 heavy (non-hydrogen) atoms. The van der Waals surface area contributed by atoms with E-state index in [2.05, 4.69) is 29.3 Å². The summed E-state index contributed by atoms with van der Waals surface area (Å²) in [6.07, 6.45) is 9.08. The number of rotatable bonds is 14. The smallest absolute Gasteiger partial charge is 0.748 e. The molecule has 0 amide bonds. The van der Waals surface area contributed by atoms with Gasteiger partial charge in [0, 0.05) is 5.75 Å². The molecule has 0 atom stereocenters. The van der Waals surface area contributed by atoms with Gasteiger partial charge in [-0.1, -0.05) is 51.2 Å². The molecule has 0 aliphatic heterocycles. The van der Waals surface area contributed by atoms with Gasteiger partial charge in [-0.2, -0.15) is 10.2 Å². The van der Waals surface area contributed by atoms with Crippen molar-refractivity contribution in [3.8, 4) is 5.75 Å². The Morgan fingerprint density at radius 2 is 1.35 bits per heavy atom. The van der Waals surface area contributed by atoms with Gasteiger partial charge in [-0.3, -0.25) is 0 Å². The van der Waals surface area contributed by atoms with Crippen LogP contribution in [0.5, 0.6) is 5.75 Å². The molecular weight excluding hydrogens is 423 g/mol. The van der Waals surface area contributed by atoms with Gasteiger partial charge in [0.15, 0.2) is 0 Å². The van der Waals surface area contributed by atoms with Crippen LogP contribution in [0.15, 0.2) is 58.8 Å². The monoisotopic (exact) mass is 454 g/mol. The normalized spacial score (nSPS) is 11.4. The van der Waals surface area contributed by atoms with Crippen LogP contribution in [-0.4, -0.2) is 25.3 Å². The first-order valence-corrected chi connectivity index (χ1v) is 12.2. The molecule has 8 heteroatoms. The molecule has 0 aromatic heterocycles. The van der Waals surface area contributed by atoms with Gasteiger partial charge in [-0.25, -0.2) is 8.42 Å². The minimum atomic E-state index is -4.19. The van der Waals surface area contributed by atoms with E-state index in [1.807, 2.05) is 12.1 Å². The number of hydrogen-bond donors (Lipinski definition) is 0. The Labute approximate surface area is 208 Å².